The maximum absolute atomic E-state index is 3.84. The maximum Gasteiger partial charge on any atom is 0.115 e. The molecule has 17 heavy (non-hydrogen) atoms. The molecular weight excluding hydrogens is 212 g/mol. The second-order valence-electron chi connectivity index (χ2n) is 2.97. The highest BCUT2D eigenvalue weighted by Crippen LogP contribution is 1.90. The average Bonchev–Trinajstić information content (AvgIpc) is 2.43. The van der Waals surface area contributed by atoms with Gasteiger partial charge >= 0.3 is 0 Å². The van der Waals surface area contributed by atoms with Crippen LogP contribution in [0, 0.1) is 6.92 Å². The van der Waals surface area contributed by atoms with Crippen molar-refractivity contribution in [2.45, 2.75) is 34.1 Å². The molecule has 0 aliphatic carbocycles. The Morgan fingerprint density at radius 3 is 2.06 bits per heavy atom. The van der Waals surface area contributed by atoms with Crippen molar-refractivity contribution in [1.29, 1.82) is 0 Å². The van der Waals surface area contributed by atoms with E-state index in [9.17, 15) is 0 Å². The first-order valence-electron chi connectivity index (χ1n) is 5.81. The summed E-state index contributed by atoms with van der Waals surface area (Å²) < 4.78 is 0. The van der Waals surface area contributed by atoms with Crippen molar-refractivity contribution >= 4 is 0 Å². The summed E-state index contributed by atoms with van der Waals surface area (Å²) in [6, 6.07) is 3.77. The molecule has 0 unspecified atom stereocenters. The van der Waals surface area contributed by atoms with Crippen LogP contribution in [0.1, 0.15) is 32.0 Å². The van der Waals surface area contributed by atoms with Crippen LogP contribution >= 0.6 is 0 Å². The van der Waals surface area contributed by atoms with Gasteiger partial charge in [-0.1, -0.05) is 20.8 Å². The lowest BCUT2D eigenvalue weighted by atomic mass is 10.3. The van der Waals surface area contributed by atoms with Gasteiger partial charge in [-0.3, -0.25) is 0 Å². The Bertz CT molecular complexity index is 362. The van der Waals surface area contributed by atoms with Crippen LogP contribution in [-0.4, -0.2) is 20.2 Å². The molecule has 0 aliphatic rings. The fraction of sp³-hybridized carbons (Fsp3) is 0.385. The lowest BCUT2D eigenvalue weighted by Crippen LogP contribution is -1.81. The first-order valence-corrected chi connectivity index (χ1v) is 5.81. The molecule has 0 bridgehead atoms. The van der Waals surface area contributed by atoms with E-state index in [1.807, 2.05) is 45.3 Å². The number of aryl methyl sites for hydroxylation is 2. The second kappa shape index (κ2) is 10.7. The third-order valence-corrected chi connectivity index (χ3v) is 1.73. The topological polar surface area (TPSA) is 51.6 Å². The van der Waals surface area contributed by atoms with E-state index in [4.69, 9.17) is 0 Å². The van der Waals surface area contributed by atoms with Crippen LogP contribution in [-0.2, 0) is 6.42 Å². The zero-order chi connectivity index (χ0) is 12.9. The Balaban J connectivity index is 0.000000265. The molecule has 0 N–H and O–H groups in total. The molecule has 0 fully saturated rings. The number of rotatable bonds is 1. The highest BCUT2D eigenvalue weighted by Gasteiger charge is 1.82. The Labute approximate surface area is 103 Å². The molecule has 2 rings (SSSR count). The number of aromatic nitrogens is 4. The maximum atomic E-state index is 3.84. The van der Waals surface area contributed by atoms with Gasteiger partial charge in [0.25, 0.3) is 0 Å². The molecule has 0 atom stereocenters. The molecule has 0 aromatic carbocycles. The van der Waals surface area contributed by atoms with E-state index < -0.39 is 0 Å². The molecule has 2 aromatic rings. The van der Waals surface area contributed by atoms with Crippen LogP contribution in [0.2, 0.25) is 0 Å². The predicted octanol–water partition coefficient (Wildman–Crippen LogP) is 2.85. The zero-order valence-corrected chi connectivity index (χ0v) is 11.0. The molecule has 2 aromatic heterocycles. The molecule has 92 valence electrons. The van der Waals surface area contributed by atoms with Gasteiger partial charge < -0.3 is 0 Å². The van der Waals surface area contributed by atoms with Crippen molar-refractivity contribution in [3.63, 3.8) is 0 Å². The SMILES string of the molecule is CC.CCc1cncnc1.Cc1cccnn1. The fourth-order valence-electron chi connectivity index (χ4n) is 0.891. The summed E-state index contributed by atoms with van der Waals surface area (Å²) in [5.74, 6) is 0. The molecule has 0 saturated heterocycles. The van der Waals surface area contributed by atoms with E-state index in [0.29, 0.717) is 0 Å². The van der Waals surface area contributed by atoms with Gasteiger partial charge in [0.15, 0.2) is 0 Å². The first kappa shape index (κ1) is 15.2. The van der Waals surface area contributed by atoms with E-state index in [2.05, 4.69) is 27.1 Å². The lowest BCUT2D eigenvalue weighted by Gasteiger charge is -1.88. The number of hydrogen-bond acceptors (Lipinski definition) is 4. The van der Waals surface area contributed by atoms with Gasteiger partial charge in [0, 0.05) is 18.6 Å². The quantitative estimate of drug-likeness (QED) is 0.758. The average molecular weight is 232 g/mol. The highest BCUT2D eigenvalue weighted by atomic mass is 15.1. The van der Waals surface area contributed by atoms with Crippen LogP contribution in [0.4, 0.5) is 0 Å². The van der Waals surface area contributed by atoms with E-state index in [0.717, 1.165) is 12.1 Å². The lowest BCUT2D eigenvalue weighted by molar-refractivity contribution is 0.980. The monoisotopic (exact) mass is 232 g/mol. The van der Waals surface area contributed by atoms with Gasteiger partial charge in [0.1, 0.15) is 6.33 Å². The van der Waals surface area contributed by atoms with Gasteiger partial charge in [0.05, 0.1) is 5.69 Å². The summed E-state index contributed by atoms with van der Waals surface area (Å²) in [5.41, 5.74) is 2.15. The van der Waals surface area contributed by atoms with Crippen molar-refractivity contribution in [2.75, 3.05) is 0 Å². The summed E-state index contributed by atoms with van der Waals surface area (Å²) in [5, 5.41) is 7.36. The third kappa shape index (κ3) is 8.02. The highest BCUT2D eigenvalue weighted by molar-refractivity contribution is 5.00. The van der Waals surface area contributed by atoms with E-state index in [1.54, 1.807) is 12.5 Å². The Morgan fingerprint density at radius 2 is 1.76 bits per heavy atom. The molecule has 2 heterocycles. The minimum Gasteiger partial charge on any atom is -0.245 e. The molecule has 4 nitrogen and oxygen atoms in total. The zero-order valence-electron chi connectivity index (χ0n) is 11.0. The standard InChI is InChI=1S/C6H8N2.C5H6N2.C2H6/c1-2-6-3-7-5-8-4-6;1-5-3-2-4-6-7-5;1-2/h3-5H,2H2,1H3;2-4H,1H3;1-2H3. The van der Waals surface area contributed by atoms with Crippen molar-refractivity contribution in [1.82, 2.24) is 20.2 Å². The smallest absolute Gasteiger partial charge is 0.115 e. The van der Waals surface area contributed by atoms with Crippen molar-refractivity contribution in [3.8, 4) is 0 Å². The minimum absolute atomic E-state index is 0.961. The predicted molar refractivity (Wildman–Crippen MR) is 69.5 cm³/mol. The van der Waals surface area contributed by atoms with Gasteiger partial charge in [-0.05, 0) is 31.0 Å². The Hall–Kier alpha value is -1.84. The summed E-state index contributed by atoms with van der Waals surface area (Å²) in [6.07, 6.45) is 7.87. The molecule has 0 aliphatic heterocycles. The van der Waals surface area contributed by atoms with Gasteiger partial charge in [-0.2, -0.15) is 10.2 Å². The Morgan fingerprint density at radius 1 is 1.12 bits per heavy atom. The molecule has 0 amide bonds. The molecular formula is C13H20N4. The molecule has 0 spiro atoms. The van der Waals surface area contributed by atoms with Crippen molar-refractivity contribution < 1.29 is 0 Å². The molecule has 0 radical (unpaired) electrons. The van der Waals surface area contributed by atoms with Gasteiger partial charge in [0.2, 0.25) is 0 Å². The van der Waals surface area contributed by atoms with Crippen LogP contribution in [0.3, 0.4) is 0 Å². The van der Waals surface area contributed by atoms with E-state index in [-0.39, 0.29) is 0 Å². The number of nitrogens with zero attached hydrogens (tertiary/aromatic N) is 4. The fourth-order valence-corrected chi connectivity index (χ4v) is 0.891. The molecule has 4 heteroatoms. The largest absolute Gasteiger partial charge is 0.245 e. The van der Waals surface area contributed by atoms with Gasteiger partial charge in [-0.15, -0.1) is 0 Å². The van der Waals surface area contributed by atoms with Gasteiger partial charge in [-0.25, -0.2) is 9.97 Å². The van der Waals surface area contributed by atoms with Crippen LogP contribution < -0.4 is 0 Å². The van der Waals surface area contributed by atoms with Crippen LogP contribution in [0.25, 0.3) is 0 Å². The summed E-state index contributed by atoms with van der Waals surface area (Å²) in [7, 11) is 0. The summed E-state index contributed by atoms with van der Waals surface area (Å²) >= 11 is 0. The summed E-state index contributed by atoms with van der Waals surface area (Å²) in [4.78, 5) is 7.69. The second-order valence-corrected chi connectivity index (χ2v) is 2.97. The van der Waals surface area contributed by atoms with E-state index >= 15 is 0 Å². The minimum atomic E-state index is 0.961. The van der Waals surface area contributed by atoms with Crippen LogP contribution in [0.15, 0.2) is 37.1 Å². The van der Waals surface area contributed by atoms with E-state index in [1.165, 1.54) is 5.56 Å². The third-order valence-electron chi connectivity index (χ3n) is 1.73. The normalized spacial score (nSPS) is 8.24. The summed E-state index contributed by atoms with van der Waals surface area (Å²) in [6.45, 7) is 7.99. The van der Waals surface area contributed by atoms with Crippen LogP contribution in [0.5, 0.6) is 0 Å². The van der Waals surface area contributed by atoms with Crippen molar-refractivity contribution in [2.24, 2.45) is 0 Å². The van der Waals surface area contributed by atoms with Crippen molar-refractivity contribution in [3.05, 3.63) is 48.3 Å². The molecule has 0 saturated carbocycles. The number of hydrogen-bond donors (Lipinski definition) is 0. The Kier molecular flexibility index (Phi) is 9.52. The first-order chi connectivity index (χ1) is 8.33.